The molecular formula is C14H13N5O2. The quantitative estimate of drug-likeness (QED) is 0.786. The average molecular weight is 283 g/mol. The Morgan fingerprint density at radius 2 is 1.81 bits per heavy atom. The van der Waals surface area contributed by atoms with E-state index in [9.17, 15) is 0 Å². The van der Waals surface area contributed by atoms with Gasteiger partial charge in [0.05, 0.1) is 7.11 Å². The highest BCUT2D eigenvalue weighted by Gasteiger charge is 2.10. The van der Waals surface area contributed by atoms with Gasteiger partial charge in [0.1, 0.15) is 5.52 Å². The fourth-order valence-corrected chi connectivity index (χ4v) is 1.84. The number of nitrogens with zero attached hydrogens (tertiary/aromatic N) is 4. The lowest BCUT2D eigenvalue weighted by atomic mass is 10.2. The molecule has 0 aliphatic heterocycles. The summed E-state index contributed by atoms with van der Waals surface area (Å²) in [5.74, 6) is 0.938. The maximum atomic E-state index is 5.73. The van der Waals surface area contributed by atoms with Crippen LogP contribution >= 0.6 is 0 Å². The van der Waals surface area contributed by atoms with Crippen molar-refractivity contribution in [3.8, 4) is 17.8 Å². The minimum Gasteiger partial charge on any atom is -0.467 e. The summed E-state index contributed by atoms with van der Waals surface area (Å²) in [7, 11) is 3.19. The molecule has 2 heterocycles. The number of pyridine rings is 1. The summed E-state index contributed by atoms with van der Waals surface area (Å²) in [5, 5.41) is 3.80. The molecule has 0 fully saturated rings. The average Bonchev–Trinajstić information content (AvgIpc) is 2.55. The van der Waals surface area contributed by atoms with Crippen molar-refractivity contribution in [3.05, 3.63) is 36.5 Å². The largest absolute Gasteiger partial charge is 0.467 e. The van der Waals surface area contributed by atoms with Crippen LogP contribution in [0.15, 0.2) is 36.5 Å². The number of hydrogen-bond acceptors (Lipinski definition) is 7. The summed E-state index contributed by atoms with van der Waals surface area (Å²) in [6.45, 7) is 0. The number of benzene rings is 1. The molecule has 0 bridgehead atoms. The van der Waals surface area contributed by atoms with E-state index >= 15 is 0 Å². The SMILES string of the molecule is CNc1nc(OC)nc(Oc2cccc3cccnc23)n1. The predicted molar refractivity (Wildman–Crippen MR) is 77.7 cm³/mol. The third-order valence-electron chi connectivity index (χ3n) is 2.80. The number of anilines is 1. The van der Waals surface area contributed by atoms with Gasteiger partial charge in [-0.05, 0) is 12.1 Å². The molecule has 0 saturated carbocycles. The fraction of sp³-hybridized carbons (Fsp3) is 0.143. The zero-order valence-electron chi connectivity index (χ0n) is 11.6. The van der Waals surface area contributed by atoms with Crippen LogP contribution in [0.3, 0.4) is 0 Å². The highest BCUT2D eigenvalue weighted by molar-refractivity contribution is 5.84. The number of methoxy groups -OCH3 is 1. The third kappa shape index (κ3) is 2.66. The van der Waals surface area contributed by atoms with Crippen LogP contribution in [0.5, 0.6) is 17.8 Å². The second-order valence-corrected chi connectivity index (χ2v) is 4.11. The van der Waals surface area contributed by atoms with E-state index in [1.807, 2.05) is 30.3 Å². The first-order chi connectivity index (χ1) is 10.3. The molecule has 0 unspecified atom stereocenters. The molecule has 0 saturated heterocycles. The summed E-state index contributed by atoms with van der Waals surface area (Å²) in [4.78, 5) is 16.5. The maximum Gasteiger partial charge on any atom is 0.330 e. The molecule has 0 radical (unpaired) electrons. The molecule has 3 aromatic rings. The van der Waals surface area contributed by atoms with E-state index in [1.165, 1.54) is 7.11 Å². The molecule has 7 heteroatoms. The van der Waals surface area contributed by atoms with Gasteiger partial charge in [0.2, 0.25) is 5.95 Å². The lowest BCUT2D eigenvalue weighted by Crippen LogP contribution is -2.03. The number of fused-ring (bicyclic) bond motifs is 1. The monoisotopic (exact) mass is 283 g/mol. The Bertz CT molecular complexity index is 751. The summed E-state index contributed by atoms with van der Waals surface area (Å²) in [5.41, 5.74) is 0.741. The first kappa shape index (κ1) is 13.0. The van der Waals surface area contributed by atoms with Gasteiger partial charge in [-0.1, -0.05) is 18.2 Å². The maximum absolute atomic E-state index is 5.73. The van der Waals surface area contributed by atoms with Gasteiger partial charge < -0.3 is 14.8 Å². The second kappa shape index (κ2) is 5.58. The van der Waals surface area contributed by atoms with Crippen molar-refractivity contribution in [3.63, 3.8) is 0 Å². The Morgan fingerprint density at radius 3 is 2.62 bits per heavy atom. The Kier molecular flexibility index (Phi) is 3.46. The molecule has 0 aliphatic rings. The van der Waals surface area contributed by atoms with Gasteiger partial charge in [0, 0.05) is 18.6 Å². The standard InChI is InChI=1S/C14H13N5O2/c1-15-12-17-13(20-2)19-14(18-12)21-10-7-3-5-9-6-4-8-16-11(9)10/h3-8H,1-2H3,(H,15,17,18,19). The molecule has 1 aromatic carbocycles. The second-order valence-electron chi connectivity index (χ2n) is 4.11. The van der Waals surface area contributed by atoms with Crippen molar-refractivity contribution in [2.75, 3.05) is 19.5 Å². The minimum absolute atomic E-state index is 0.143. The zero-order valence-corrected chi connectivity index (χ0v) is 11.6. The van der Waals surface area contributed by atoms with E-state index in [4.69, 9.17) is 9.47 Å². The van der Waals surface area contributed by atoms with Crippen molar-refractivity contribution in [1.82, 2.24) is 19.9 Å². The van der Waals surface area contributed by atoms with Gasteiger partial charge in [-0.2, -0.15) is 9.97 Å². The molecular weight excluding hydrogens is 270 g/mol. The topological polar surface area (TPSA) is 82.1 Å². The first-order valence-corrected chi connectivity index (χ1v) is 6.29. The Balaban J connectivity index is 2.02. The minimum atomic E-state index is 0.143. The highest BCUT2D eigenvalue weighted by Crippen LogP contribution is 2.27. The zero-order chi connectivity index (χ0) is 14.7. The van der Waals surface area contributed by atoms with E-state index in [1.54, 1.807) is 13.2 Å². The van der Waals surface area contributed by atoms with Gasteiger partial charge in [-0.25, -0.2) is 0 Å². The molecule has 3 rings (SSSR count). The molecule has 0 aliphatic carbocycles. The van der Waals surface area contributed by atoms with Crippen molar-refractivity contribution in [2.24, 2.45) is 0 Å². The van der Waals surface area contributed by atoms with E-state index < -0.39 is 0 Å². The molecule has 0 atom stereocenters. The predicted octanol–water partition coefficient (Wildman–Crippen LogP) is 2.26. The van der Waals surface area contributed by atoms with Crippen molar-refractivity contribution in [1.29, 1.82) is 0 Å². The number of para-hydroxylation sites is 1. The smallest absolute Gasteiger partial charge is 0.330 e. The number of aromatic nitrogens is 4. The number of rotatable bonds is 4. The Labute approximate surface area is 121 Å². The van der Waals surface area contributed by atoms with Crippen LogP contribution in [0.1, 0.15) is 0 Å². The number of nitrogens with one attached hydrogen (secondary N) is 1. The van der Waals surface area contributed by atoms with Gasteiger partial charge in [0.15, 0.2) is 5.75 Å². The molecule has 2 aromatic heterocycles. The van der Waals surface area contributed by atoms with E-state index in [2.05, 4.69) is 25.3 Å². The first-order valence-electron chi connectivity index (χ1n) is 6.29. The van der Waals surface area contributed by atoms with Gasteiger partial charge in [-0.15, -0.1) is 4.98 Å². The summed E-state index contributed by atoms with van der Waals surface area (Å²) < 4.78 is 10.8. The molecule has 21 heavy (non-hydrogen) atoms. The summed E-state index contributed by atoms with van der Waals surface area (Å²) in [6, 6.07) is 9.81. The van der Waals surface area contributed by atoms with E-state index in [0.717, 1.165) is 10.9 Å². The van der Waals surface area contributed by atoms with Crippen LogP contribution in [0, 0.1) is 0 Å². The van der Waals surface area contributed by atoms with Crippen molar-refractivity contribution >= 4 is 16.9 Å². The molecule has 1 N–H and O–H groups in total. The van der Waals surface area contributed by atoms with Gasteiger partial charge in [-0.3, -0.25) is 4.98 Å². The number of ether oxygens (including phenoxy) is 2. The molecule has 0 spiro atoms. The van der Waals surface area contributed by atoms with Crippen LogP contribution in [0.25, 0.3) is 10.9 Å². The highest BCUT2D eigenvalue weighted by atomic mass is 16.5. The van der Waals surface area contributed by atoms with Crippen LogP contribution in [0.4, 0.5) is 5.95 Å². The van der Waals surface area contributed by atoms with E-state index in [-0.39, 0.29) is 12.0 Å². The lowest BCUT2D eigenvalue weighted by molar-refractivity contribution is 0.361. The van der Waals surface area contributed by atoms with E-state index in [0.29, 0.717) is 11.7 Å². The van der Waals surface area contributed by atoms with Gasteiger partial charge in [0.25, 0.3) is 0 Å². The summed E-state index contributed by atoms with van der Waals surface area (Å²) in [6.07, 6.45) is 1.71. The molecule has 106 valence electrons. The van der Waals surface area contributed by atoms with Crippen molar-refractivity contribution in [2.45, 2.75) is 0 Å². The summed E-state index contributed by atoms with van der Waals surface area (Å²) >= 11 is 0. The van der Waals surface area contributed by atoms with Crippen LogP contribution < -0.4 is 14.8 Å². The van der Waals surface area contributed by atoms with Crippen molar-refractivity contribution < 1.29 is 9.47 Å². The van der Waals surface area contributed by atoms with Gasteiger partial charge >= 0.3 is 12.0 Å². The third-order valence-corrected chi connectivity index (χ3v) is 2.80. The fourth-order valence-electron chi connectivity index (χ4n) is 1.84. The normalized spacial score (nSPS) is 10.4. The Morgan fingerprint density at radius 1 is 1.00 bits per heavy atom. The van der Waals surface area contributed by atoms with Crippen LogP contribution in [-0.4, -0.2) is 34.1 Å². The molecule has 7 nitrogen and oxygen atoms in total. The van der Waals surface area contributed by atoms with Crippen LogP contribution in [0.2, 0.25) is 0 Å². The lowest BCUT2D eigenvalue weighted by Gasteiger charge is -2.08. The Hall–Kier alpha value is -2.96. The van der Waals surface area contributed by atoms with Crippen LogP contribution in [-0.2, 0) is 0 Å². The molecule has 0 amide bonds. The number of hydrogen-bond donors (Lipinski definition) is 1.